The molecule has 39 heavy (non-hydrogen) atoms. The van der Waals surface area contributed by atoms with Crippen molar-refractivity contribution < 1.29 is 24.5 Å². The minimum absolute atomic E-state index is 0.0478. The summed E-state index contributed by atoms with van der Waals surface area (Å²) in [5, 5.41) is 22.9. The Labute approximate surface area is 229 Å². The number of carboxylic acids is 1. The van der Waals surface area contributed by atoms with E-state index in [0.717, 1.165) is 63.1 Å². The van der Waals surface area contributed by atoms with E-state index in [4.69, 9.17) is 4.74 Å². The highest BCUT2D eigenvalue weighted by atomic mass is 16.5. The number of nitrogens with one attached hydrogen (secondary N) is 1. The Hall–Kier alpha value is -3.53. The first-order valence-corrected chi connectivity index (χ1v) is 13.5. The maximum absolute atomic E-state index is 13.1. The van der Waals surface area contributed by atoms with Gasteiger partial charge in [0.2, 0.25) is 0 Å². The Kier molecular flexibility index (Phi) is 9.86. The fraction of sp³-hybridized carbons (Fsp3) is 0.433. The number of ether oxygens (including phenoxy) is 1. The molecule has 0 unspecified atom stereocenters. The van der Waals surface area contributed by atoms with Crippen molar-refractivity contribution >= 4 is 22.8 Å². The van der Waals surface area contributed by atoms with E-state index < -0.39 is 11.9 Å². The third-order valence-corrected chi connectivity index (χ3v) is 7.24. The fourth-order valence-corrected chi connectivity index (χ4v) is 4.99. The fourth-order valence-electron chi connectivity index (χ4n) is 4.99. The molecule has 0 aliphatic carbocycles. The summed E-state index contributed by atoms with van der Waals surface area (Å²) in [6.45, 7) is 5.79. The van der Waals surface area contributed by atoms with Crippen LogP contribution >= 0.6 is 0 Å². The van der Waals surface area contributed by atoms with Gasteiger partial charge in [0, 0.05) is 38.7 Å². The van der Waals surface area contributed by atoms with Crippen LogP contribution in [0.25, 0.3) is 10.9 Å². The molecule has 1 aliphatic rings. The number of piperazine rings is 1. The van der Waals surface area contributed by atoms with Crippen molar-refractivity contribution in [3.05, 3.63) is 70.9 Å². The molecule has 2 aromatic carbocycles. The molecule has 0 bridgehead atoms. The Morgan fingerprint density at radius 2 is 1.74 bits per heavy atom. The molecule has 3 N–H and O–H groups in total. The number of fused-ring (bicyclic) bond motifs is 1. The van der Waals surface area contributed by atoms with Gasteiger partial charge in [-0.2, -0.15) is 0 Å². The molecule has 0 spiro atoms. The SMILES string of the molecule is COC[C@H](Cc1ccc(O)cc1)NC(=O)c1cc(C(=O)O)c2cc(CCCCN3CCN(C)CC3)ccc2n1. The number of amides is 1. The summed E-state index contributed by atoms with van der Waals surface area (Å²) in [6.07, 6.45) is 3.46. The topological polar surface area (TPSA) is 115 Å². The molecule has 9 nitrogen and oxygen atoms in total. The number of benzene rings is 2. The van der Waals surface area contributed by atoms with Crippen LogP contribution in [0.2, 0.25) is 0 Å². The number of carboxylic acid groups (broad SMARTS) is 1. The molecule has 0 saturated carbocycles. The number of likely N-dealkylation sites (N-methyl/N-ethyl adjacent to an activating group) is 1. The van der Waals surface area contributed by atoms with Gasteiger partial charge in [0.15, 0.2) is 0 Å². The number of hydrogen-bond donors (Lipinski definition) is 3. The number of aromatic carboxylic acids is 1. The number of hydrogen-bond acceptors (Lipinski definition) is 7. The van der Waals surface area contributed by atoms with Gasteiger partial charge in [-0.1, -0.05) is 18.2 Å². The van der Waals surface area contributed by atoms with Gasteiger partial charge in [0.1, 0.15) is 11.4 Å². The van der Waals surface area contributed by atoms with Crippen LogP contribution in [0.1, 0.15) is 44.8 Å². The molecule has 1 saturated heterocycles. The number of carbonyl (C=O) groups is 2. The van der Waals surface area contributed by atoms with Gasteiger partial charge >= 0.3 is 5.97 Å². The van der Waals surface area contributed by atoms with Crippen LogP contribution in [0.5, 0.6) is 5.75 Å². The summed E-state index contributed by atoms with van der Waals surface area (Å²) in [5.74, 6) is -1.39. The third kappa shape index (κ3) is 7.98. The van der Waals surface area contributed by atoms with Gasteiger partial charge in [-0.25, -0.2) is 9.78 Å². The molecule has 9 heteroatoms. The van der Waals surface area contributed by atoms with Crippen LogP contribution < -0.4 is 5.32 Å². The second kappa shape index (κ2) is 13.5. The monoisotopic (exact) mass is 534 g/mol. The lowest BCUT2D eigenvalue weighted by Crippen LogP contribution is -2.44. The smallest absolute Gasteiger partial charge is 0.336 e. The highest BCUT2D eigenvalue weighted by Gasteiger charge is 2.20. The molecule has 208 valence electrons. The van der Waals surface area contributed by atoms with E-state index in [2.05, 4.69) is 27.1 Å². The van der Waals surface area contributed by atoms with Crippen molar-refractivity contribution in [3.8, 4) is 5.75 Å². The number of nitrogens with zero attached hydrogens (tertiary/aromatic N) is 3. The highest BCUT2D eigenvalue weighted by molar-refractivity contribution is 6.06. The Morgan fingerprint density at radius 3 is 2.44 bits per heavy atom. The molecule has 1 atom stereocenters. The van der Waals surface area contributed by atoms with Crippen LogP contribution in [-0.4, -0.2) is 96.4 Å². The van der Waals surface area contributed by atoms with Crippen molar-refractivity contribution in [3.63, 3.8) is 0 Å². The number of unbranched alkanes of at least 4 members (excludes halogenated alkanes) is 1. The number of methoxy groups -OCH3 is 1. The predicted molar refractivity (Wildman–Crippen MR) is 151 cm³/mol. The molecule has 1 amide bonds. The molecule has 1 fully saturated rings. The summed E-state index contributed by atoms with van der Waals surface area (Å²) < 4.78 is 5.28. The normalized spacial score (nSPS) is 15.3. The molecule has 0 radical (unpaired) electrons. The van der Waals surface area contributed by atoms with Crippen LogP contribution in [-0.2, 0) is 17.6 Å². The molecular weight excluding hydrogens is 496 g/mol. The molecule has 1 aliphatic heterocycles. The number of pyridine rings is 1. The van der Waals surface area contributed by atoms with E-state index >= 15 is 0 Å². The maximum Gasteiger partial charge on any atom is 0.336 e. The summed E-state index contributed by atoms with van der Waals surface area (Å²) in [7, 11) is 3.71. The number of phenolic OH excluding ortho intramolecular Hbond substituents is 1. The minimum atomic E-state index is -1.10. The second-order valence-corrected chi connectivity index (χ2v) is 10.3. The molecular formula is C30H38N4O5. The van der Waals surface area contributed by atoms with Gasteiger partial charge < -0.3 is 30.1 Å². The summed E-state index contributed by atoms with van der Waals surface area (Å²) >= 11 is 0. The molecule has 1 aromatic heterocycles. The van der Waals surface area contributed by atoms with Crippen LogP contribution in [0, 0.1) is 0 Å². The summed E-state index contributed by atoms with van der Waals surface area (Å²) in [6, 6.07) is 13.4. The van der Waals surface area contributed by atoms with E-state index in [1.54, 1.807) is 37.4 Å². The first kappa shape index (κ1) is 28.5. The van der Waals surface area contributed by atoms with Gasteiger partial charge in [-0.3, -0.25) is 4.79 Å². The largest absolute Gasteiger partial charge is 0.508 e. The number of aromatic hydroxyl groups is 1. The molecule has 4 rings (SSSR count). The zero-order chi connectivity index (χ0) is 27.8. The average Bonchev–Trinajstić information content (AvgIpc) is 2.92. The lowest BCUT2D eigenvalue weighted by molar-refractivity contribution is 0.0699. The quantitative estimate of drug-likeness (QED) is 0.304. The van der Waals surface area contributed by atoms with Crippen LogP contribution in [0.15, 0.2) is 48.5 Å². The van der Waals surface area contributed by atoms with Crippen molar-refractivity contribution in [2.24, 2.45) is 0 Å². The number of carbonyl (C=O) groups excluding carboxylic acids is 1. The lowest BCUT2D eigenvalue weighted by Gasteiger charge is -2.32. The van der Waals surface area contributed by atoms with E-state index in [0.29, 0.717) is 17.3 Å². The van der Waals surface area contributed by atoms with Gasteiger partial charge in [-0.15, -0.1) is 0 Å². The highest BCUT2D eigenvalue weighted by Crippen LogP contribution is 2.22. The Balaban J connectivity index is 1.43. The third-order valence-electron chi connectivity index (χ3n) is 7.24. The number of phenols is 1. The Morgan fingerprint density at radius 1 is 1.03 bits per heavy atom. The zero-order valence-electron chi connectivity index (χ0n) is 22.7. The van der Waals surface area contributed by atoms with Crippen molar-refractivity contribution in [2.45, 2.75) is 31.7 Å². The zero-order valence-corrected chi connectivity index (χ0v) is 22.7. The molecule has 3 aromatic rings. The minimum Gasteiger partial charge on any atom is -0.508 e. The van der Waals surface area contributed by atoms with Gasteiger partial charge in [0.25, 0.3) is 5.91 Å². The van der Waals surface area contributed by atoms with Gasteiger partial charge in [0.05, 0.1) is 23.7 Å². The number of aryl methyl sites for hydroxylation is 1. The number of rotatable bonds is 12. The van der Waals surface area contributed by atoms with Crippen molar-refractivity contribution in [1.29, 1.82) is 0 Å². The predicted octanol–water partition coefficient (Wildman–Crippen LogP) is 3.20. The van der Waals surface area contributed by atoms with Gasteiger partial charge in [-0.05, 0) is 80.7 Å². The van der Waals surface area contributed by atoms with Crippen molar-refractivity contribution in [1.82, 2.24) is 20.1 Å². The van der Waals surface area contributed by atoms with E-state index in [-0.39, 0.29) is 29.7 Å². The first-order valence-electron chi connectivity index (χ1n) is 13.5. The second-order valence-electron chi connectivity index (χ2n) is 10.3. The first-order chi connectivity index (χ1) is 18.8. The molecule has 2 heterocycles. The van der Waals surface area contributed by atoms with Crippen LogP contribution in [0.3, 0.4) is 0 Å². The average molecular weight is 535 g/mol. The Bertz CT molecular complexity index is 1270. The summed E-state index contributed by atoms with van der Waals surface area (Å²) in [4.78, 5) is 34.6. The standard InChI is InChI=1S/C30H38N4O5/c1-33-13-15-34(16-14-33)12-4-3-5-21-8-11-27-25(18-21)26(30(37)38)19-28(32-27)29(36)31-23(20-39-2)17-22-6-9-24(35)10-7-22/h6-11,18-19,23,35H,3-5,12-17,20H2,1-2H3,(H,31,36)(H,37,38)/t23-/m0/s1. The number of aromatic nitrogens is 1. The van der Waals surface area contributed by atoms with Crippen molar-refractivity contribution in [2.75, 3.05) is 53.5 Å². The van der Waals surface area contributed by atoms with E-state index in [1.165, 1.54) is 6.07 Å². The van der Waals surface area contributed by atoms with E-state index in [9.17, 15) is 19.8 Å². The summed E-state index contributed by atoms with van der Waals surface area (Å²) in [5.41, 5.74) is 2.57. The van der Waals surface area contributed by atoms with Crippen LogP contribution in [0.4, 0.5) is 0 Å². The van der Waals surface area contributed by atoms with E-state index in [1.807, 2.05) is 12.1 Å². The lowest BCUT2D eigenvalue weighted by atomic mass is 10.0. The maximum atomic E-state index is 13.1.